The molecule has 2 rings (SSSR count). The predicted octanol–water partition coefficient (Wildman–Crippen LogP) is -1.01. The monoisotopic (exact) mass is 295 g/mol. The van der Waals surface area contributed by atoms with E-state index in [9.17, 15) is 19.2 Å². The molecule has 1 aromatic rings. The number of Topliss-reactive ketones (excluding diaryl/α,β-unsaturated/α-hetero) is 1. The molecule has 0 radical (unpaired) electrons. The van der Waals surface area contributed by atoms with Gasteiger partial charge in [-0.1, -0.05) is 0 Å². The van der Waals surface area contributed by atoms with Crippen molar-refractivity contribution in [2.24, 2.45) is 0 Å². The van der Waals surface area contributed by atoms with Crippen molar-refractivity contribution in [3.8, 4) is 0 Å². The topological polar surface area (TPSA) is 101 Å². The maximum absolute atomic E-state index is 12.0. The molecule has 1 N–H and O–H groups in total. The number of carbonyl (C=O) groups excluding carboxylic acids is 2. The van der Waals surface area contributed by atoms with Crippen LogP contribution in [-0.2, 0) is 16.1 Å². The average molecular weight is 295 g/mol. The Kier molecular flexibility index (Phi) is 4.69. The molecule has 0 unspecified atom stereocenters. The Bertz CT molecular complexity index is 655. The van der Waals surface area contributed by atoms with Crippen LogP contribution >= 0.6 is 0 Å². The van der Waals surface area contributed by atoms with E-state index in [1.807, 2.05) is 0 Å². The Morgan fingerprint density at radius 1 is 1.29 bits per heavy atom. The first kappa shape index (κ1) is 15.2. The van der Waals surface area contributed by atoms with Gasteiger partial charge in [0.1, 0.15) is 0 Å². The van der Waals surface area contributed by atoms with Crippen molar-refractivity contribution in [3.63, 3.8) is 0 Å². The molecule has 21 heavy (non-hydrogen) atoms. The molecular formula is C13H17N3O5. The summed E-state index contributed by atoms with van der Waals surface area (Å²) < 4.78 is 6.04. The number of carbonyl (C=O) groups is 2. The summed E-state index contributed by atoms with van der Waals surface area (Å²) in [5, 5.41) is 0. The first-order chi connectivity index (χ1) is 10.0. The number of hydrogen-bond acceptors (Lipinski definition) is 5. The van der Waals surface area contributed by atoms with Crippen LogP contribution in [0.2, 0.25) is 0 Å². The van der Waals surface area contributed by atoms with Gasteiger partial charge in [0.05, 0.1) is 18.8 Å². The van der Waals surface area contributed by atoms with Crippen LogP contribution < -0.4 is 11.2 Å². The van der Waals surface area contributed by atoms with Crippen molar-refractivity contribution in [2.45, 2.75) is 19.9 Å². The molecular weight excluding hydrogens is 278 g/mol. The van der Waals surface area contributed by atoms with Gasteiger partial charge in [-0.05, 0) is 6.92 Å². The standard InChI is InChI=1S/C13H17N3O5/c1-9(17)10-8-14-13(20)16(12(10)19)3-2-11(18)15-4-6-21-7-5-15/h8H,2-7H2,1H3,(H,14,20). The summed E-state index contributed by atoms with van der Waals surface area (Å²) in [7, 11) is 0. The Morgan fingerprint density at radius 3 is 2.57 bits per heavy atom. The van der Waals surface area contributed by atoms with Gasteiger partial charge in [0.2, 0.25) is 5.91 Å². The van der Waals surface area contributed by atoms with Crippen molar-refractivity contribution in [2.75, 3.05) is 26.3 Å². The molecule has 0 atom stereocenters. The molecule has 1 aromatic heterocycles. The highest BCUT2D eigenvalue weighted by molar-refractivity contribution is 5.93. The van der Waals surface area contributed by atoms with Crippen molar-refractivity contribution in [1.82, 2.24) is 14.5 Å². The van der Waals surface area contributed by atoms with Gasteiger partial charge in [0.15, 0.2) is 5.78 Å². The van der Waals surface area contributed by atoms with Crippen LogP contribution in [0.5, 0.6) is 0 Å². The summed E-state index contributed by atoms with van der Waals surface area (Å²) >= 11 is 0. The van der Waals surface area contributed by atoms with Crippen LogP contribution in [0, 0.1) is 0 Å². The van der Waals surface area contributed by atoms with E-state index in [-0.39, 0.29) is 24.4 Å². The number of aromatic amines is 1. The van der Waals surface area contributed by atoms with Crippen LogP contribution in [0.4, 0.5) is 0 Å². The predicted molar refractivity (Wildman–Crippen MR) is 73.3 cm³/mol. The van der Waals surface area contributed by atoms with Gasteiger partial charge >= 0.3 is 5.69 Å². The number of ether oxygens (including phenoxy) is 1. The third-order valence-corrected chi connectivity index (χ3v) is 3.35. The van der Waals surface area contributed by atoms with E-state index in [0.29, 0.717) is 26.3 Å². The Hall–Kier alpha value is -2.22. The highest BCUT2D eigenvalue weighted by Gasteiger charge is 2.18. The molecule has 8 heteroatoms. The first-order valence-electron chi connectivity index (χ1n) is 6.69. The fraction of sp³-hybridized carbons (Fsp3) is 0.538. The Balaban J connectivity index is 2.11. The van der Waals surface area contributed by atoms with Crippen LogP contribution in [0.1, 0.15) is 23.7 Å². The zero-order chi connectivity index (χ0) is 15.4. The molecule has 0 aliphatic carbocycles. The van der Waals surface area contributed by atoms with Crippen molar-refractivity contribution in [1.29, 1.82) is 0 Å². The minimum absolute atomic E-state index is 0.0321. The van der Waals surface area contributed by atoms with Crippen LogP contribution in [0.25, 0.3) is 0 Å². The lowest BCUT2D eigenvalue weighted by Gasteiger charge is -2.26. The molecule has 1 aliphatic rings. The fourth-order valence-corrected chi connectivity index (χ4v) is 2.14. The molecule has 0 saturated carbocycles. The van der Waals surface area contributed by atoms with E-state index in [1.54, 1.807) is 4.90 Å². The number of nitrogens with one attached hydrogen (secondary N) is 1. The third kappa shape index (κ3) is 3.46. The van der Waals surface area contributed by atoms with Gasteiger partial charge in [0.25, 0.3) is 5.56 Å². The quantitative estimate of drug-likeness (QED) is 0.717. The molecule has 0 bridgehead atoms. The van der Waals surface area contributed by atoms with Gasteiger partial charge in [0, 0.05) is 32.3 Å². The van der Waals surface area contributed by atoms with Crippen molar-refractivity contribution < 1.29 is 14.3 Å². The van der Waals surface area contributed by atoms with Gasteiger partial charge < -0.3 is 14.6 Å². The second-order valence-electron chi connectivity index (χ2n) is 4.76. The number of nitrogens with zero attached hydrogens (tertiary/aromatic N) is 2. The highest BCUT2D eigenvalue weighted by atomic mass is 16.5. The second kappa shape index (κ2) is 6.49. The largest absolute Gasteiger partial charge is 0.378 e. The molecule has 1 amide bonds. The summed E-state index contributed by atoms with van der Waals surface area (Å²) in [5.41, 5.74) is -1.38. The zero-order valence-corrected chi connectivity index (χ0v) is 11.8. The van der Waals surface area contributed by atoms with Crippen molar-refractivity contribution in [3.05, 3.63) is 32.6 Å². The molecule has 2 heterocycles. The van der Waals surface area contributed by atoms with E-state index in [0.717, 1.165) is 10.8 Å². The zero-order valence-electron chi connectivity index (χ0n) is 11.8. The van der Waals surface area contributed by atoms with Crippen LogP contribution in [0.15, 0.2) is 15.8 Å². The molecule has 0 spiro atoms. The molecule has 1 fully saturated rings. The number of ketones is 1. The lowest BCUT2D eigenvalue weighted by molar-refractivity contribution is -0.135. The van der Waals surface area contributed by atoms with Crippen LogP contribution in [-0.4, -0.2) is 52.4 Å². The fourth-order valence-electron chi connectivity index (χ4n) is 2.14. The highest BCUT2D eigenvalue weighted by Crippen LogP contribution is 2.00. The summed E-state index contributed by atoms with van der Waals surface area (Å²) in [5.74, 6) is -0.567. The molecule has 8 nitrogen and oxygen atoms in total. The number of rotatable bonds is 4. The second-order valence-corrected chi connectivity index (χ2v) is 4.76. The maximum atomic E-state index is 12.0. The van der Waals surface area contributed by atoms with Crippen molar-refractivity contribution >= 4 is 11.7 Å². The minimum Gasteiger partial charge on any atom is -0.378 e. The molecule has 1 aliphatic heterocycles. The SMILES string of the molecule is CC(=O)c1c[nH]c(=O)n(CCC(=O)N2CCOCC2)c1=O. The summed E-state index contributed by atoms with van der Waals surface area (Å²) in [6.07, 6.45) is 1.14. The molecule has 114 valence electrons. The smallest absolute Gasteiger partial charge is 0.328 e. The summed E-state index contributed by atoms with van der Waals surface area (Å²) in [6, 6.07) is 0. The number of aromatic nitrogens is 2. The molecule has 1 saturated heterocycles. The minimum atomic E-state index is -0.666. The number of H-pyrrole nitrogens is 1. The number of amides is 1. The first-order valence-corrected chi connectivity index (χ1v) is 6.69. The third-order valence-electron chi connectivity index (χ3n) is 3.35. The van der Waals surface area contributed by atoms with Gasteiger partial charge in [-0.3, -0.25) is 19.0 Å². The van der Waals surface area contributed by atoms with Gasteiger partial charge in [-0.25, -0.2) is 4.79 Å². The average Bonchev–Trinajstić information content (AvgIpc) is 2.47. The van der Waals surface area contributed by atoms with Crippen LogP contribution in [0.3, 0.4) is 0 Å². The maximum Gasteiger partial charge on any atom is 0.328 e. The number of morpholine rings is 1. The molecule has 0 aromatic carbocycles. The van der Waals surface area contributed by atoms with Gasteiger partial charge in [-0.15, -0.1) is 0 Å². The lowest BCUT2D eigenvalue weighted by Crippen LogP contribution is -2.43. The van der Waals surface area contributed by atoms with E-state index in [1.165, 1.54) is 6.92 Å². The number of hydrogen-bond donors (Lipinski definition) is 1. The summed E-state index contributed by atoms with van der Waals surface area (Å²) in [6.45, 7) is 3.21. The van der Waals surface area contributed by atoms with E-state index in [4.69, 9.17) is 4.74 Å². The van der Waals surface area contributed by atoms with E-state index in [2.05, 4.69) is 4.98 Å². The van der Waals surface area contributed by atoms with Gasteiger partial charge in [-0.2, -0.15) is 0 Å². The Labute approximate surface area is 120 Å². The Morgan fingerprint density at radius 2 is 1.95 bits per heavy atom. The summed E-state index contributed by atoms with van der Waals surface area (Å²) in [4.78, 5) is 50.9. The normalized spacial score (nSPS) is 15.0. The van der Waals surface area contributed by atoms with E-state index >= 15 is 0 Å². The van der Waals surface area contributed by atoms with E-state index < -0.39 is 17.0 Å². The lowest BCUT2D eigenvalue weighted by atomic mass is 10.2.